The highest BCUT2D eigenvalue weighted by Gasteiger charge is 2.40. The SMILES string of the molecule is CC1CN([C@@H](C)CC[C@@H](C)N2CC3CCN(C)C3C2)CCN1C. The molecule has 0 spiro atoms. The molecule has 23 heavy (non-hydrogen) atoms. The predicted octanol–water partition coefficient (Wildman–Crippen LogP) is 1.82. The minimum Gasteiger partial charge on any atom is -0.302 e. The number of piperazine rings is 1. The Bertz CT molecular complexity index is 388. The molecular weight excluding hydrogens is 284 g/mol. The molecule has 3 fully saturated rings. The highest BCUT2D eigenvalue weighted by Crippen LogP contribution is 2.32. The third-order valence-electron chi connectivity index (χ3n) is 7.09. The van der Waals surface area contributed by atoms with Gasteiger partial charge in [0.25, 0.3) is 0 Å². The molecule has 5 atom stereocenters. The maximum atomic E-state index is 2.77. The lowest BCUT2D eigenvalue weighted by atomic mass is 10.0. The molecule has 0 saturated carbocycles. The summed E-state index contributed by atoms with van der Waals surface area (Å²) in [5.41, 5.74) is 0. The second-order valence-corrected chi connectivity index (χ2v) is 8.65. The summed E-state index contributed by atoms with van der Waals surface area (Å²) in [7, 11) is 4.57. The van der Waals surface area contributed by atoms with Gasteiger partial charge in [-0.3, -0.25) is 9.80 Å². The number of hydrogen-bond acceptors (Lipinski definition) is 4. The van der Waals surface area contributed by atoms with E-state index in [1.54, 1.807) is 0 Å². The fourth-order valence-electron chi connectivity index (χ4n) is 4.89. The van der Waals surface area contributed by atoms with Crippen LogP contribution < -0.4 is 0 Å². The first-order valence-corrected chi connectivity index (χ1v) is 9.84. The molecule has 0 aromatic heterocycles. The van der Waals surface area contributed by atoms with Crippen LogP contribution in [-0.4, -0.2) is 97.1 Å². The van der Waals surface area contributed by atoms with Crippen LogP contribution in [0, 0.1) is 5.92 Å². The van der Waals surface area contributed by atoms with E-state index in [1.807, 2.05) is 0 Å². The van der Waals surface area contributed by atoms with E-state index in [2.05, 4.69) is 54.5 Å². The zero-order valence-electron chi connectivity index (χ0n) is 16.0. The lowest BCUT2D eigenvalue weighted by molar-refractivity contribution is 0.0706. The van der Waals surface area contributed by atoms with E-state index < -0.39 is 0 Å². The predicted molar refractivity (Wildman–Crippen MR) is 97.9 cm³/mol. The van der Waals surface area contributed by atoms with Crippen molar-refractivity contribution in [2.75, 3.05) is 53.4 Å². The average molecular weight is 323 g/mol. The molecule has 0 N–H and O–H groups in total. The van der Waals surface area contributed by atoms with Gasteiger partial charge in [-0.15, -0.1) is 0 Å². The van der Waals surface area contributed by atoms with E-state index in [4.69, 9.17) is 0 Å². The van der Waals surface area contributed by atoms with Gasteiger partial charge in [-0.1, -0.05) is 0 Å². The summed E-state index contributed by atoms with van der Waals surface area (Å²) in [4.78, 5) is 10.6. The van der Waals surface area contributed by atoms with Gasteiger partial charge in [0, 0.05) is 56.9 Å². The maximum Gasteiger partial charge on any atom is 0.0261 e. The van der Waals surface area contributed by atoms with Crippen molar-refractivity contribution in [3.8, 4) is 0 Å². The highest BCUT2D eigenvalue weighted by molar-refractivity contribution is 4.96. The van der Waals surface area contributed by atoms with Gasteiger partial charge in [0.1, 0.15) is 0 Å². The molecule has 3 aliphatic rings. The smallest absolute Gasteiger partial charge is 0.0261 e. The third-order valence-corrected chi connectivity index (χ3v) is 7.09. The van der Waals surface area contributed by atoms with Crippen LogP contribution in [-0.2, 0) is 0 Å². The molecule has 3 rings (SSSR count). The lowest BCUT2D eigenvalue weighted by Gasteiger charge is -2.41. The Morgan fingerprint density at radius 3 is 2.17 bits per heavy atom. The Balaban J connectivity index is 1.41. The van der Waals surface area contributed by atoms with Crippen LogP contribution in [0.4, 0.5) is 0 Å². The minimum absolute atomic E-state index is 0.706. The molecule has 134 valence electrons. The molecule has 3 unspecified atom stereocenters. The average Bonchev–Trinajstić information content (AvgIpc) is 3.10. The first-order chi connectivity index (χ1) is 11.0. The van der Waals surface area contributed by atoms with Crippen molar-refractivity contribution in [2.24, 2.45) is 5.92 Å². The summed E-state index contributed by atoms with van der Waals surface area (Å²) >= 11 is 0. The standard InChI is InChI=1S/C19H38N4/c1-15(22-11-10-20(4)17(3)12-22)6-7-16(2)23-13-18-8-9-21(5)19(18)14-23/h15-19H,6-14H2,1-5H3/t15-,16+,17?,18?,19?/m0/s1. The van der Waals surface area contributed by atoms with Crippen LogP contribution in [0.3, 0.4) is 0 Å². The van der Waals surface area contributed by atoms with Crippen molar-refractivity contribution in [1.82, 2.24) is 19.6 Å². The number of nitrogens with zero attached hydrogens (tertiary/aromatic N) is 4. The first-order valence-electron chi connectivity index (χ1n) is 9.84. The zero-order chi connectivity index (χ0) is 16.6. The topological polar surface area (TPSA) is 13.0 Å². The largest absolute Gasteiger partial charge is 0.302 e. The summed E-state index contributed by atoms with van der Waals surface area (Å²) in [5, 5.41) is 0. The number of hydrogen-bond donors (Lipinski definition) is 0. The molecule has 0 aliphatic carbocycles. The molecule has 4 heteroatoms. The Morgan fingerprint density at radius 1 is 0.826 bits per heavy atom. The first kappa shape index (κ1) is 17.7. The molecule has 0 bridgehead atoms. The quantitative estimate of drug-likeness (QED) is 0.765. The number of fused-ring (bicyclic) bond motifs is 1. The summed E-state index contributed by atoms with van der Waals surface area (Å²) in [6.45, 7) is 14.9. The van der Waals surface area contributed by atoms with E-state index in [9.17, 15) is 0 Å². The Morgan fingerprint density at radius 2 is 1.52 bits per heavy atom. The van der Waals surface area contributed by atoms with E-state index in [-0.39, 0.29) is 0 Å². The van der Waals surface area contributed by atoms with E-state index >= 15 is 0 Å². The van der Waals surface area contributed by atoms with Crippen LogP contribution >= 0.6 is 0 Å². The van der Waals surface area contributed by atoms with Crippen molar-refractivity contribution in [2.45, 2.75) is 64.2 Å². The molecule has 3 aliphatic heterocycles. The van der Waals surface area contributed by atoms with Crippen LogP contribution in [0.25, 0.3) is 0 Å². The Labute approximate surface area is 143 Å². The lowest BCUT2D eigenvalue weighted by Crippen LogP contribution is -2.52. The number of rotatable bonds is 5. The zero-order valence-corrected chi connectivity index (χ0v) is 16.0. The summed E-state index contributed by atoms with van der Waals surface area (Å²) < 4.78 is 0. The van der Waals surface area contributed by atoms with E-state index in [0.717, 1.165) is 24.0 Å². The minimum atomic E-state index is 0.706. The Kier molecular flexibility index (Phi) is 5.67. The monoisotopic (exact) mass is 322 g/mol. The van der Waals surface area contributed by atoms with Gasteiger partial charge in [-0.2, -0.15) is 0 Å². The summed E-state index contributed by atoms with van der Waals surface area (Å²) in [6.07, 6.45) is 4.12. The van der Waals surface area contributed by atoms with Crippen molar-refractivity contribution in [1.29, 1.82) is 0 Å². The molecular formula is C19H38N4. The van der Waals surface area contributed by atoms with Gasteiger partial charge >= 0.3 is 0 Å². The van der Waals surface area contributed by atoms with Crippen LogP contribution in [0.2, 0.25) is 0 Å². The number of likely N-dealkylation sites (N-methyl/N-ethyl adjacent to an activating group) is 2. The van der Waals surface area contributed by atoms with E-state index in [0.29, 0.717) is 6.04 Å². The van der Waals surface area contributed by atoms with Gasteiger partial charge in [0.05, 0.1) is 0 Å². The third kappa shape index (κ3) is 3.92. The molecule has 3 heterocycles. The van der Waals surface area contributed by atoms with Gasteiger partial charge in [0.15, 0.2) is 0 Å². The van der Waals surface area contributed by atoms with Gasteiger partial charge < -0.3 is 9.80 Å². The fraction of sp³-hybridized carbons (Fsp3) is 1.00. The molecule has 0 amide bonds. The second kappa shape index (κ2) is 7.38. The molecule has 0 radical (unpaired) electrons. The highest BCUT2D eigenvalue weighted by atomic mass is 15.3. The van der Waals surface area contributed by atoms with Crippen LogP contribution in [0.15, 0.2) is 0 Å². The number of likely N-dealkylation sites (tertiary alicyclic amines) is 2. The van der Waals surface area contributed by atoms with Crippen molar-refractivity contribution in [3.63, 3.8) is 0 Å². The van der Waals surface area contributed by atoms with Crippen molar-refractivity contribution < 1.29 is 0 Å². The van der Waals surface area contributed by atoms with Gasteiger partial charge in [0.2, 0.25) is 0 Å². The second-order valence-electron chi connectivity index (χ2n) is 8.65. The maximum absolute atomic E-state index is 2.77. The molecule has 0 aromatic rings. The fourth-order valence-corrected chi connectivity index (χ4v) is 4.89. The van der Waals surface area contributed by atoms with Crippen molar-refractivity contribution in [3.05, 3.63) is 0 Å². The summed E-state index contributed by atoms with van der Waals surface area (Å²) in [6, 6.07) is 3.03. The van der Waals surface area contributed by atoms with Crippen molar-refractivity contribution >= 4 is 0 Å². The van der Waals surface area contributed by atoms with Crippen LogP contribution in [0.5, 0.6) is 0 Å². The summed E-state index contributed by atoms with van der Waals surface area (Å²) in [5.74, 6) is 0.943. The van der Waals surface area contributed by atoms with Gasteiger partial charge in [-0.05, 0) is 66.6 Å². The molecule has 4 nitrogen and oxygen atoms in total. The molecule has 3 saturated heterocycles. The van der Waals surface area contributed by atoms with Gasteiger partial charge in [-0.25, -0.2) is 0 Å². The normalized spacial score (nSPS) is 37.2. The molecule has 0 aromatic carbocycles. The van der Waals surface area contributed by atoms with Crippen LogP contribution in [0.1, 0.15) is 40.0 Å². The Hall–Kier alpha value is -0.160. The van der Waals surface area contributed by atoms with E-state index in [1.165, 1.54) is 58.5 Å².